The van der Waals surface area contributed by atoms with E-state index in [1.54, 1.807) is 26.0 Å². The van der Waals surface area contributed by atoms with Crippen molar-refractivity contribution in [2.75, 3.05) is 19.8 Å². The van der Waals surface area contributed by atoms with Crippen molar-refractivity contribution < 1.29 is 32.2 Å². The van der Waals surface area contributed by atoms with Crippen molar-refractivity contribution in [3.05, 3.63) is 53.1 Å². The number of nitrogens with two attached hydrogens (primary N) is 1. The number of hydrogen-bond donors (Lipinski definition) is 2. The molecule has 2 aromatic rings. The van der Waals surface area contributed by atoms with Gasteiger partial charge in [0.25, 0.3) is 5.91 Å². The van der Waals surface area contributed by atoms with Crippen LogP contribution in [0.2, 0.25) is 0 Å². The van der Waals surface area contributed by atoms with Gasteiger partial charge in [0, 0.05) is 0 Å². The summed E-state index contributed by atoms with van der Waals surface area (Å²) in [4.78, 5) is 24.2. The summed E-state index contributed by atoms with van der Waals surface area (Å²) in [5, 5.41) is 7.87. The van der Waals surface area contributed by atoms with Gasteiger partial charge in [0.05, 0.1) is 16.5 Å². The lowest BCUT2D eigenvalue weighted by Gasteiger charge is -2.21. The van der Waals surface area contributed by atoms with Gasteiger partial charge in [-0.05, 0) is 49.2 Å². The highest BCUT2D eigenvalue weighted by Gasteiger charge is 2.19. The van der Waals surface area contributed by atoms with E-state index in [0.29, 0.717) is 30.3 Å². The third kappa shape index (κ3) is 5.08. The molecule has 1 heterocycles. The molecule has 160 valence electrons. The summed E-state index contributed by atoms with van der Waals surface area (Å²) in [6.07, 6.45) is 0. The standard InChI is InChI=1S/C20H22N2O7S/c1-12-3-4-15(10-18(12)30(21,25)26)20(24)29-11-19(23)22-13(2)14-5-6-16-17(9-14)28-8-7-27-16/h3-6,9-10,13H,7-8,11H2,1-2H3,(H,22,23)(H2,21,25,26)/t13-/m1/s1. The van der Waals surface area contributed by atoms with Crippen LogP contribution in [0, 0.1) is 6.92 Å². The molecular weight excluding hydrogens is 412 g/mol. The van der Waals surface area contributed by atoms with Crippen LogP contribution < -0.4 is 19.9 Å². The second kappa shape index (κ2) is 8.72. The lowest BCUT2D eigenvalue weighted by atomic mass is 10.1. The molecule has 0 fully saturated rings. The zero-order valence-corrected chi connectivity index (χ0v) is 17.3. The summed E-state index contributed by atoms with van der Waals surface area (Å²) in [6, 6.07) is 8.98. The number of sulfonamides is 1. The Hall–Kier alpha value is -3.11. The van der Waals surface area contributed by atoms with Crippen LogP contribution in [0.15, 0.2) is 41.3 Å². The number of primary sulfonamides is 1. The molecule has 1 atom stereocenters. The number of esters is 1. The Morgan fingerprint density at radius 3 is 2.53 bits per heavy atom. The Balaban J connectivity index is 1.58. The van der Waals surface area contributed by atoms with E-state index >= 15 is 0 Å². The predicted molar refractivity (Wildman–Crippen MR) is 107 cm³/mol. The van der Waals surface area contributed by atoms with Gasteiger partial charge in [-0.2, -0.15) is 0 Å². The van der Waals surface area contributed by atoms with E-state index in [-0.39, 0.29) is 16.5 Å². The van der Waals surface area contributed by atoms with Crippen LogP contribution in [-0.2, 0) is 19.6 Å². The van der Waals surface area contributed by atoms with Crippen molar-refractivity contribution in [1.82, 2.24) is 5.32 Å². The molecule has 0 bridgehead atoms. The van der Waals surface area contributed by atoms with Gasteiger partial charge in [-0.1, -0.05) is 12.1 Å². The first-order valence-corrected chi connectivity index (χ1v) is 10.7. The van der Waals surface area contributed by atoms with Gasteiger partial charge < -0.3 is 19.5 Å². The highest BCUT2D eigenvalue weighted by Crippen LogP contribution is 2.32. The Labute approximate surface area is 174 Å². The minimum absolute atomic E-state index is 0.0164. The molecule has 0 saturated carbocycles. The van der Waals surface area contributed by atoms with Crippen LogP contribution in [0.3, 0.4) is 0 Å². The minimum Gasteiger partial charge on any atom is -0.486 e. The molecule has 9 nitrogen and oxygen atoms in total. The van der Waals surface area contributed by atoms with Crippen molar-refractivity contribution in [2.24, 2.45) is 5.14 Å². The Bertz CT molecular complexity index is 1080. The fourth-order valence-corrected chi connectivity index (χ4v) is 3.75. The Kier molecular flexibility index (Phi) is 6.28. The van der Waals surface area contributed by atoms with E-state index in [2.05, 4.69) is 5.32 Å². The maximum absolute atomic E-state index is 12.2. The zero-order chi connectivity index (χ0) is 21.9. The van der Waals surface area contributed by atoms with Crippen molar-refractivity contribution >= 4 is 21.9 Å². The summed E-state index contributed by atoms with van der Waals surface area (Å²) in [5.74, 6) is -0.0859. The van der Waals surface area contributed by atoms with E-state index in [1.807, 2.05) is 6.07 Å². The summed E-state index contributed by atoms with van der Waals surface area (Å²) in [7, 11) is -3.98. The number of hydrogen-bond acceptors (Lipinski definition) is 7. The van der Waals surface area contributed by atoms with Crippen LogP contribution in [-0.4, -0.2) is 40.1 Å². The number of ether oxygens (including phenoxy) is 3. The lowest BCUT2D eigenvalue weighted by Crippen LogP contribution is -2.31. The van der Waals surface area contributed by atoms with Crippen LogP contribution in [0.1, 0.15) is 34.5 Å². The van der Waals surface area contributed by atoms with Gasteiger partial charge in [-0.25, -0.2) is 18.4 Å². The average molecular weight is 434 g/mol. The summed E-state index contributed by atoms with van der Waals surface area (Å²) < 4.78 is 39.2. The second-order valence-electron chi connectivity index (χ2n) is 6.79. The second-order valence-corrected chi connectivity index (χ2v) is 8.32. The molecule has 1 amide bonds. The van der Waals surface area contributed by atoms with Crippen molar-refractivity contribution in [3.8, 4) is 11.5 Å². The van der Waals surface area contributed by atoms with Crippen molar-refractivity contribution in [3.63, 3.8) is 0 Å². The average Bonchev–Trinajstić information content (AvgIpc) is 2.71. The van der Waals surface area contributed by atoms with E-state index in [1.165, 1.54) is 12.1 Å². The van der Waals surface area contributed by atoms with Crippen LogP contribution in [0.4, 0.5) is 0 Å². The first kappa shape index (κ1) is 21.6. The number of carbonyl (C=O) groups is 2. The first-order chi connectivity index (χ1) is 14.1. The normalized spacial score (nSPS) is 14.0. The van der Waals surface area contributed by atoms with Crippen molar-refractivity contribution in [2.45, 2.75) is 24.8 Å². The molecule has 0 radical (unpaired) electrons. The van der Waals surface area contributed by atoms with Crippen LogP contribution in [0.25, 0.3) is 0 Å². The maximum atomic E-state index is 12.2. The number of aryl methyl sites for hydroxylation is 1. The van der Waals surface area contributed by atoms with Gasteiger partial charge in [-0.3, -0.25) is 4.79 Å². The monoisotopic (exact) mass is 434 g/mol. The SMILES string of the molecule is Cc1ccc(C(=O)OCC(=O)N[C@H](C)c2ccc3c(c2)OCCO3)cc1S(N)(=O)=O. The number of benzene rings is 2. The van der Waals surface area contributed by atoms with E-state index in [0.717, 1.165) is 11.6 Å². The third-order valence-corrected chi connectivity index (χ3v) is 5.56. The molecule has 1 aliphatic heterocycles. The molecule has 2 aromatic carbocycles. The lowest BCUT2D eigenvalue weighted by molar-refractivity contribution is -0.124. The number of amides is 1. The van der Waals surface area contributed by atoms with Gasteiger partial charge in [0.2, 0.25) is 10.0 Å². The third-order valence-electron chi connectivity index (χ3n) is 4.51. The van der Waals surface area contributed by atoms with Gasteiger partial charge in [0.15, 0.2) is 18.1 Å². The van der Waals surface area contributed by atoms with E-state index < -0.39 is 28.5 Å². The van der Waals surface area contributed by atoms with Gasteiger partial charge in [-0.15, -0.1) is 0 Å². The number of carbonyl (C=O) groups excluding carboxylic acids is 2. The predicted octanol–water partition coefficient (Wildman–Crippen LogP) is 1.45. The molecule has 0 aromatic heterocycles. The highest BCUT2D eigenvalue weighted by atomic mass is 32.2. The van der Waals surface area contributed by atoms with Crippen LogP contribution in [0.5, 0.6) is 11.5 Å². The largest absolute Gasteiger partial charge is 0.486 e. The van der Waals surface area contributed by atoms with Crippen LogP contribution >= 0.6 is 0 Å². The molecule has 3 N–H and O–H groups in total. The highest BCUT2D eigenvalue weighted by molar-refractivity contribution is 7.89. The Morgan fingerprint density at radius 1 is 1.13 bits per heavy atom. The van der Waals surface area contributed by atoms with Gasteiger partial charge >= 0.3 is 5.97 Å². The summed E-state index contributed by atoms with van der Waals surface area (Å²) in [6.45, 7) is 3.76. The number of nitrogens with one attached hydrogen (secondary N) is 1. The zero-order valence-electron chi connectivity index (χ0n) is 16.5. The van der Waals surface area contributed by atoms with E-state index in [4.69, 9.17) is 19.3 Å². The summed E-state index contributed by atoms with van der Waals surface area (Å²) >= 11 is 0. The first-order valence-electron chi connectivity index (χ1n) is 9.14. The molecule has 10 heteroatoms. The Morgan fingerprint density at radius 2 is 1.83 bits per heavy atom. The maximum Gasteiger partial charge on any atom is 0.338 e. The molecule has 0 spiro atoms. The van der Waals surface area contributed by atoms with Crippen molar-refractivity contribution in [1.29, 1.82) is 0 Å². The van der Waals surface area contributed by atoms with Gasteiger partial charge in [0.1, 0.15) is 13.2 Å². The fraction of sp³-hybridized carbons (Fsp3) is 0.300. The quantitative estimate of drug-likeness (QED) is 0.657. The number of rotatable bonds is 6. The molecule has 3 rings (SSSR count). The number of fused-ring (bicyclic) bond motifs is 1. The molecule has 1 aliphatic rings. The smallest absolute Gasteiger partial charge is 0.338 e. The molecule has 0 saturated heterocycles. The minimum atomic E-state index is -3.98. The molecule has 30 heavy (non-hydrogen) atoms. The molecule has 0 aliphatic carbocycles. The fourth-order valence-electron chi connectivity index (χ4n) is 2.94. The topological polar surface area (TPSA) is 134 Å². The molecule has 0 unspecified atom stereocenters. The van der Waals surface area contributed by atoms with E-state index in [9.17, 15) is 18.0 Å². The molecular formula is C20H22N2O7S. The summed E-state index contributed by atoms with van der Waals surface area (Å²) in [5.41, 5.74) is 1.19.